The second-order valence-electron chi connectivity index (χ2n) is 3.07. The molecule has 98 valence electrons. The molecule has 2 N–H and O–H groups in total. The van der Waals surface area contributed by atoms with E-state index in [4.69, 9.17) is 5.11 Å². The second kappa shape index (κ2) is 4.92. The van der Waals surface area contributed by atoms with Crippen LogP contribution in [0.5, 0.6) is 0 Å². The first-order chi connectivity index (χ1) is 8.12. The van der Waals surface area contributed by atoms with Crippen molar-refractivity contribution in [2.24, 2.45) is 0 Å². The van der Waals surface area contributed by atoms with Gasteiger partial charge >= 0.3 is 18.1 Å². The van der Waals surface area contributed by atoms with E-state index < -0.39 is 35.1 Å². The number of carbonyl (C=O) groups excluding carboxylic acids is 1. The third-order valence-electron chi connectivity index (χ3n) is 1.79. The minimum absolute atomic E-state index is 0.206. The van der Waals surface area contributed by atoms with Gasteiger partial charge in [0.15, 0.2) is 0 Å². The van der Waals surface area contributed by atoms with E-state index in [0.717, 1.165) is 0 Å². The van der Waals surface area contributed by atoms with Gasteiger partial charge < -0.3 is 10.4 Å². The summed E-state index contributed by atoms with van der Waals surface area (Å²) in [5.41, 5.74) is -1.34. The molecule has 0 aliphatic carbocycles. The average Bonchev–Trinajstić information content (AvgIpc) is 2.19. The molecule has 0 atom stereocenters. The van der Waals surface area contributed by atoms with Gasteiger partial charge in [0.05, 0.1) is 11.3 Å². The van der Waals surface area contributed by atoms with Crippen LogP contribution in [0.1, 0.15) is 10.4 Å². The lowest BCUT2D eigenvalue weighted by Gasteiger charge is -2.10. The summed E-state index contributed by atoms with van der Waals surface area (Å²) in [6.07, 6.45) is -5.13. The summed E-state index contributed by atoms with van der Waals surface area (Å²) < 4.78 is 48.9. The van der Waals surface area contributed by atoms with Gasteiger partial charge in [-0.1, -0.05) is 0 Å². The number of hydrogen-bond donors (Lipinski definition) is 2. The first kappa shape index (κ1) is 14.4. The highest BCUT2D eigenvalue weighted by Gasteiger charge is 2.39. The fourth-order valence-corrected chi connectivity index (χ4v) is 1.42. The van der Waals surface area contributed by atoms with Crippen LogP contribution in [0.2, 0.25) is 0 Å². The number of benzene rings is 1. The molecule has 0 bridgehead atoms. The SMILES string of the molecule is O=C(O)c1cc(NC(=O)C(F)(F)F)c(Br)cc1F. The van der Waals surface area contributed by atoms with Crippen LogP contribution in [-0.4, -0.2) is 23.2 Å². The Kier molecular flexibility index (Phi) is 3.95. The van der Waals surface area contributed by atoms with E-state index in [1.807, 2.05) is 0 Å². The van der Waals surface area contributed by atoms with Crippen molar-refractivity contribution < 1.29 is 32.3 Å². The smallest absolute Gasteiger partial charge is 0.471 e. The van der Waals surface area contributed by atoms with E-state index in [1.165, 1.54) is 5.32 Å². The normalized spacial score (nSPS) is 11.2. The number of amides is 1. The largest absolute Gasteiger partial charge is 0.478 e. The van der Waals surface area contributed by atoms with Gasteiger partial charge in [0.1, 0.15) is 5.82 Å². The predicted molar refractivity (Wildman–Crippen MR) is 55.7 cm³/mol. The predicted octanol–water partition coefficient (Wildman–Crippen LogP) is 2.79. The Balaban J connectivity index is 3.14. The highest BCUT2D eigenvalue weighted by molar-refractivity contribution is 9.10. The standard InChI is InChI=1S/C9H4BrF4NO3/c10-4-2-5(11)3(7(16)17)1-6(4)15-8(18)9(12,13)14/h1-2H,(H,15,18)(H,16,17). The summed E-state index contributed by atoms with van der Waals surface area (Å²) in [5, 5.41) is 10.0. The number of halogens is 5. The molecule has 0 spiro atoms. The van der Waals surface area contributed by atoms with Crippen molar-refractivity contribution in [1.82, 2.24) is 0 Å². The van der Waals surface area contributed by atoms with Gasteiger partial charge in [0.25, 0.3) is 0 Å². The van der Waals surface area contributed by atoms with Crippen LogP contribution in [0.4, 0.5) is 23.2 Å². The number of carboxylic acids is 1. The summed E-state index contributed by atoms with van der Waals surface area (Å²) in [7, 11) is 0. The molecule has 0 saturated heterocycles. The average molecular weight is 330 g/mol. The van der Waals surface area contributed by atoms with Crippen LogP contribution in [0, 0.1) is 5.82 Å². The Labute approximate surface area is 106 Å². The zero-order valence-corrected chi connectivity index (χ0v) is 9.89. The van der Waals surface area contributed by atoms with Crippen molar-refractivity contribution >= 4 is 33.5 Å². The first-order valence-electron chi connectivity index (χ1n) is 4.23. The van der Waals surface area contributed by atoms with Gasteiger partial charge in [-0.2, -0.15) is 13.2 Å². The summed E-state index contributed by atoms with van der Waals surface area (Å²) in [5.74, 6) is -5.09. The Bertz CT molecular complexity index is 515. The topological polar surface area (TPSA) is 66.4 Å². The second-order valence-corrected chi connectivity index (χ2v) is 3.92. The van der Waals surface area contributed by atoms with Gasteiger partial charge in [-0.05, 0) is 28.1 Å². The molecule has 0 radical (unpaired) electrons. The summed E-state index contributed by atoms with van der Waals surface area (Å²) in [4.78, 5) is 21.2. The molecule has 0 aliphatic rings. The lowest BCUT2D eigenvalue weighted by atomic mass is 10.2. The first-order valence-corrected chi connectivity index (χ1v) is 5.02. The third kappa shape index (κ3) is 3.19. The van der Waals surface area contributed by atoms with E-state index in [9.17, 15) is 27.2 Å². The van der Waals surface area contributed by atoms with E-state index in [0.29, 0.717) is 12.1 Å². The molecular weight excluding hydrogens is 326 g/mol. The summed E-state index contributed by atoms with van der Waals surface area (Å²) in [6.45, 7) is 0. The maximum atomic E-state index is 13.1. The molecule has 0 unspecified atom stereocenters. The maximum Gasteiger partial charge on any atom is 0.471 e. The number of aromatic carboxylic acids is 1. The van der Waals surface area contributed by atoms with Gasteiger partial charge in [0.2, 0.25) is 0 Å². The quantitative estimate of drug-likeness (QED) is 0.820. The molecule has 0 aliphatic heterocycles. The van der Waals surface area contributed by atoms with Gasteiger partial charge in [0, 0.05) is 4.47 Å². The number of nitrogens with one attached hydrogen (secondary N) is 1. The molecule has 0 aromatic heterocycles. The highest BCUT2D eigenvalue weighted by atomic mass is 79.9. The van der Waals surface area contributed by atoms with E-state index in [-0.39, 0.29) is 4.47 Å². The van der Waals surface area contributed by atoms with Crippen LogP contribution in [0.15, 0.2) is 16.6 Å². The molecule has 1 aromatic rings. The van der Waals surface area contributed by atoms with Crippen molar-refractivity contribution in [3.8, 4) is 0 Å². The molecule has 0 saturated carbocycles. The number of rotatable bonds is 2. The van der Waals surface area contributed by atoms with Crippen molar-refractivity contribution in [3.05, 3.63) is 28.0 Å². The molecule has 1 aromatic carbocycles. The third-order valence-corrected chi connectivity index (χ3v) is 2.45. The molecule has 0 heterocycles. The lowest BCUT2D eigenvalue weighted by molar-refractivity contribution is -0.167. The Morgan fingerprint density at radius 3 is 2.28 bits per heavy atom. The van der Waals surface area contributed by atoms with Crippen LogP contribution in [-0.2, 0) is 4.79 Å². The molecule has 1 amide bonds. The van der Waals surface area contributed by atoms with Gasteiger partial charge in [-0.3, -0.25) is 4.79 Å². The molecule has 9 heteroatoms. The fourth-order valence-electron chi connectivity index (χ4n) is 1.00. The number of anilines is 1. The number of carbonyl (C=O) groups is 2. The Hall–Kier alpha value is -1.64. The van der Waals surface area contributed by atoms with Crippen LogP contribution < -0.4 is 5.32 Å². The maximum absolute atomic E-state index is 13.1. The Morgan fingerprint density at radius 1 is 1.28 bits per heavy atom. The monoisotopic (exact) mass is 329 g/mol. The highest BCUT2D eigenvalue weighted by Crippen LogP contribution is 2.28. The Morgan fingerprint density at radius 2 is 1.83 bits per heavy atom. The summed E-state index contributed by atoms with van der Waals surface area (Å²) in [6, 6.07) is 1.24. The molecule has 4 nitrogen and oxygen atoms in total. The van der Waals surface area contributed by atoms with Crippen LogP contribution in [0.25, 0.3) is 0 Å². The van der Waals surface area contributed by atoms with Crippen LogP contribution in [0.3, 0.4) is 0 Å². The lowest BCUT2D eigenvalue weighted by Crippen LogP contribution is -2.30. The molecular formula is C9H4BrF4NO3. The molecule has 18 heavy (non-hydrogen) atoms. The van der Waals surface area contributed by atoms with Gasteiger partial charge in [-0.25, -0.2) is 9.18 Å². The number of hydrogen-bond acceptors (Lipinski definition) is 2. The fraction of sp³-hybridized carbons (Fsp3) is 0.111. The van der Waals surface area contributed by atoms with E-state index >= 15 is 0 Å². The van der Waals surface area contributed by atoms with E-state index in [2.05, 4.69) is 15.9 Å². The minimum atomic E-state index is -5.13. The van der Waals surface area contributed by atoms with Crippen LogP contribution >= 0.6 is 15.9 Å². The van der Waals surface area contributed by atoms with Gasteiger partial charge in [-0.15, -0.1) is 0 Å². The number of carboxylic acid groups (broad SMARTS) is 1. The van der Waals surface area contributed by atoms with Crippen molar-refractivity contribution in [1.29, 1.82) is 0 Å². The van der Waals surface area contributed by atoms with Crippen molar-refractivity contribution in [2.45, 2.75) is 6.18 Å². The zero-order chi connectivity index (χ0) is 14.1. The van der Waals surface area contributed by atoms with Crippen molar-refractivity contribution in [2.75, 3.05) is 5.32 Å². The molecule has 1 rings (SSSR count). The van der Waals surface area contributed by atoms with Crippen molar-refractivity contribution in [3.63, 3.8) is 0 Å². The molecule has 0 fully saturated rings. The number of alkyl halides is 3. The van der Waals surface area contributed by atoms with E-state index in [1.54, 1.807) is 0 Å². The summed E-state index contributed by atoms with van der Waals surface area (Å²) >= 11 is 2.71. The zero-order valence-electron chi connectivity index (χ0n) is 8.31. The minimum Gasteiger partial charge on any atom is -0.478 e.